The zero-order chi connectivity index (χ0) is 19.5. The van der Waals surface area contributed by atoms with Gasteiger partial charge >= 0.3 is 0 Å². The lowest BCUT2D eigenvalue weighted by atomic mass is 10.2. The van der Waals surface area contributed by atoms with E-state index in [1.54, 1.807) is 6.20 Å². The molecule has 9 heteroatoms. The Morgan fingerprint density at radius 2 is 2.04 bits per heavy atom. The van der Waals surface area contributed by atoms with E-state index in [1.165, 1.54) is 11.3 Å². The van der Waals surface area contributed by atoms with Crippen LogP contribution in [0.5, 0.6) is 0 Å². The van der Waals surface area contributed by atoms with Crippen molar-refractivity contribution >= 4 is 45.4 Å². The first-order valence-electron chi connectivity index (χ1n) is 9.02. The van der Waals surface area contributed by atoms with Crippen LogP contribution < -0.4 is 15.5 Å². The Bertz CT molecular complexity index is 973. The third-order valence-electron chi connectivity index (χ3n) is 4.45. The molecule has 0 aliphatic carbocycles. The summed E-state index contributed by atoms with van der Waals surface area (Å²) in [5, 5.41) is 7.68. The average Bonchev–Trinajstić information content (AvgIpc) is 3.11. The molecule has 7 nitrogen and oxygen atoms in total. The van der Waals surface area contributed by atoms with Crippen LogP contribution in [0.2, 0.25) is 5.02 Å². The minimum absolute atomic E-state index is 0.498. The third-order valence-corrected chi connectivity index (χ3v) is 5.91. The van der Waals surface area contributed by atoms with Crippen molar-refractivity contribution in [3.8, 4) is 10.6 Å². The van der Waals surface area contributed by atoms with Gasteiger partial charge in [0, 0.05) is 31.5 Å². The molecule has 0 radical (unpaired) electrons. The monoisotopic (exact) mass is 416 g/mol. The molecule has 1 saturated heterocycles. The van der Waals surface area contributed by atoms with Crippen LogP contribution in [-0.2, 0) is 4.74 Å². The highest BCUT2D eigenvalue weighted by Crippen LogP contribution is 2.36. The van der Waals surface area contributed by atoms with E-state index in [0.717, 1.165) is 53.4 Å². The first kappa shape index (κ1) is 18.9. The van der Waals surface area contributed by atoms with E-state index >= 15 is 0 Å². The van der Waals surface area contributed by atoms with Gasteiger partial charge < -0.3 is 20.3 Å². The second-order valence-corrected chi connectivity index (χ2v) is 7.75. The first-order valence-corrected chi connectivity index (χ1v) is 10.2. The molecule has 0 amide bonds. The highest BCUT2D eigenvalue weighted by Gasteiger charge is 2.16. The van der Waals surface area contributed by atoms with Crippen molar-refractivity contribution in [2.45, 2.75) is 6.92 Å². The quantitative estimate of drug-likeness (QED) is 0.646. The van der Waals surface area contributed by atoms with E-state index in [-0.39, 0.29) is 0 Å². The fraction of sp³-hybridized carbons (Fsp3) is 0.316. The predicted octanol–water partition coefficient (Wildman–Crippen LogP) is 4.18. The van der Waals surface area contributed by atoms with Crippen LogP contribution in [-0.4, -0.2) is 48.3 Å². The fourth-order valence-corrected chi connectivity index (χ4v) is 4.21. The van der Waals surface area contributed by atoms with Gasteiger partial charge in [-0.1, -0.05) is 29.0 Å². The highest BCUT2D eigenvalue weighted by molar-refractivity contribution is 7.19. The zero-order valence-electron chi connectivity index (χ0n) is 15.7. The number of nitrogens with zero attached hydrogens (tertiary/aromatic N) is 4. The Morgan fingerprint density at radius 1 is 1.21 bits per heavy atom. The van der Waals surface area contributed by atoms with E-state index in [2.05, 4.69) is 42.6 Å². The summed E-state index contributed by atoms with van der Waals surface area (Å²) in [6.45, 7) is 5.24. The van der Waals surface area contributed by atoms with Gasteiger partial charge in [0.05, 0.1) is 35.0 Å². The van der Waals surface area contributed by atoms with Crippen molar-refractivity contribution in [2.75, 3.05) is 48.9 Å². The van der Waals surface area contributed by atoms with Gasteiger partial charge in [0.1, 0.15) is 5.69 Å². The summed E-state index contributed by atoms with van der Waals surface area (Å²) in [5.41, 5.74) is 3.64. The number of thiazole rings is 1. The molecule has 1 aliphatic rings. The largest absolute Gasteiger partial charge is 0.378 e. The third kappa shape index (κ3) is 4.04. The van der Waals surface area contributed by atoms with Crippen LogP contribution >= 0.6 is 22.9 Å². The minimum atomic E-state index is 0.498. The molecule has 0 spiro atoms. The first-order chi connectivity index (χ1) is 13.6. The summed E-state index contributed by atoms with van der Waals surface area (Å²) < 4.78 is 5.43. The second kappa shape index (κ2) is 8.30. The maximum absolute atomic E-state index is 6.37. The lowest BCUT2D eigenvalue weighted by molar-refractivity contribution is 0.122. The number of benzene rings is 1. The van der Waals surface area contributed by atoms with Gasteiger partial charge in [0.2, 0.25) is 5.95 Å². The average molecular weight is 417 g/mol. The number of aromatic nitrogens is 3. The Balaban J connectivity index is 1.59. The van der Waals surface area contributed by atoms with E-state index in [4.69, 9.17) is 16.3 Å². The summed E-state index contributed by atoms with van der Waals surface area (Å²) in [7, 11) is 1.85. The predicted molar refractivity (Wildman–Crippen MR) is 115 cm³/mol. The maximum Gasteiger partial charge on any atom is 0.227 e. The smallest absolute Gasteiger partial charge is 0.227 e. The number of aryl methyl sites for hydroxylation is 1. The number of rotatable bonds is 5. The molecule has 0 unspecified atom stereocenters. The van der Waals surface area contributed by atoms with Crippen molar-refractivity contribution in [3.05, 3.63) is 41.2 Å². The molecule has 3 aromatic rings. The molecule has 146 valence electrons. The van der Waals surface area contributed by atoms with Crippen LogP contribution in [0.3, 0.4) is 0 Å². The number of ether oxygens (including phenoxy) is 1. The molecule has 1 aliphatic heterocycles. The van der Waals surface area contributed by atoms with Crippen molar-refractivity contribution in [1.82, 2.24) is 15.0 Å². The van der Waals surface area contributed by atoms with Crippen LogP contribution in [0.15, 0.2) is 30.5 Å². The van der Waals surface area contributed by atoms with Crippen LogP contribution in [0, 0.1) is 6.92 Å². The van der Waals surface area contributed by atoms with Crippen molar-refractivity contribution in [2.24, 2.45) is 0 Å². The number of hydrogen-bond acceptors (Lipinski definition) is 8. The number of morpholine rings is 1. The zero-order valence-corrected chi connectivity index (χ0v) is 17.3. The Kier molecular flexibility index (Phi) is 5.61. The summed E-state index contributed by atoms with van der Waals surface area (Å²) in [5.74, 6) is 0.498. The van der Waals surface area contributed by atoms with Gasteiger partial charge in [-0.05, 0) is 25.1 Å². The number of hydrogen-bond donors (Lipinski definition) is 2. The standard InChI is InChI=1S/C19H21ClN6OS/c1-12-17(28-19(21-2)23-12)16-15(20)11-22-18(25-16)24-13-4-3-5-14(10-13)26-6-8-27-9-7-26/h3-5,10-11H,6-9H2,1-2H3,(H,21,23)(H,22,24,25). The van der Waals surface area contributed by atoms with Crippen LogP contribution in [0.4, 0.5) is 22.5 Å². The molecule has 1 fully saturated rings. The number of halogens is 1. The summed E-state index contributed by atoms with van der Waals surface area (Å²) in [6.07, 6.45) is 1.62. The van der Waals surface area contributed by atoms with Gasteiger partial charge in [-0.25, -0.2) is 15.0 Å². The lowest BCUT2D eigenvalue weighted by Crippen LogP contribution is -2.36. The Morgan fingerprint density at radius 3 is 2.79 bits per heavy atom. The Hall–Kier alpha value is -2.42. The fourth-order valence-electron chi connectivity index (χ4n) is 3.04. The normalized spacial score (nSPS) is 14.2. The molecule has 4 rings (SSSR count). The van der Waals surface area contributed by atoms with Crippen molar-refractivity contribution in [1.29, 1.82) is 0 Å². The maximum atomic E-state index is 6.37. The van der Waals surface area contributed by atoms with Crippen molar-refractivity contribution < 1.29 is 4.74 Å². The molecule has 0 atom stereocenters. The van der Waals surface area contributed by atoms with Gasteiger partial charge in [-0.2, -0.15) is 0 Å². The van der Waals surface area contributed by atoms with Crippen LogP contribution in [0.1, 0.15) is 5.69 Å². The highest BCUT2D eigenvalue weighted by atomic mass is 35.5. The minimum Gasteiger partial charge on any atom is -0.378 e. The molecule has 1 aromatic carbocycles. The van der Waals surface area contributed by atoms with E-state index in [9.17, 15) is 0 Å². The lowest BCUT2D eigenvalue weighted by Gasteiger charge is -2.29. The summed E-state index contributed by atoms with van der Waals surface area (Å²) >= 11 is 7.89. The van der Waals surface area contributed by atoms with E-state index in [1.807, 2.05) is 26.1 Å². The van der Waals surface area contributed by atoms with Gasteiger partial charge in [-0.3, -0.25) is 0 Å². The van der Waals surface area contributed by atoms with Gasteiger partial charge in [0.15, 0.2) is 5.13 Å². The SMILES string of the molecule is CNc1nc(C)c(-c2nc(Nc3cccc(N4CCOCC4)c3)ncc2Cl)s1. The molecule has 2 N–H and O–H groups in total. The number of anilines is 4. The molecule has 2 aromatic heterocycles. The van der Waals surface area contributed by atoms with Crippen LogP contribution in [0.25, 0.3) is 10.6 Å². The van der Waals surface area contributed by atoms with E-state index in [0.29, 0.717) is 16.7 Å². The topological polar surface area (TPSA) is 75.2 Å². The van der Waals surface area contributed by atoms with E-state index < -0.39 is 0 Å². The molecule has 0 bridgehead atoms. The van der Waals surface area contributed by atoms with Crippen molar-refractivity contribution in [3.63, 3.8) is 0 Å². The second-order valence-electron chi connectivity index (χ2n) is 6.35. The number of nitrogens with one attached hydrogen (secondary N) is 2. The summed E-state index contributed by atoms with van der Waals surface area (Å²) in [4.78, 5) is 16.7. The van der Waals surface area contributed by atoms with Gasteiger partial charge in [-0.15, -0.1) is 0 Å². The molecule has 28 heavy (non-hydrogen) atoms. The molecular weight excluding hydrogens is 396 g/mol. The molecule has 3 heterocycles. The summed E-state index contributed by atoms with van der Waals surface area (Å²) in [6, 6.07) is 8.22. The van der Waals surface area contributed by atoms with Gasteiger partial charge in [0.25, 0.3) is 0 Å². The Labute approximate surface area is 172 Å². The molecule has 0 saturated carbocycles. The molecular formula is C19H21ClN6OS.